The molecule has 0 aliphatic heterocycles. The minimum absolute atomic E-state index is 0.0560. The zero-order valence-corrected chi connectivity index (χ0v) is 11.5. The summed E-state index contributed by atoms with van der Waals surface area (Å²) in [7, 11) is -3.68. The Kier molecular flexibility index (Phi) is 5.17. The van der Waals surface area contributed by atoms with E-state index < -0.39 is 27.5 Å². The lowest BCUT2D eigenvalue weighted by Crippen LogP contribution is -2.23. The van der Waals surface area contributed by atoms with Gasteiger partial charge >= 0.3 is 6.18 Å². The topological polar surface area (TPSA) is 97.1 Å². The third kappa shape index (κ3) is 5.61. The van der Waals surface area contributed by atoms with Crippen LogP contribution >= 0.6 is 0 Å². The molecule has 0 saturated heterocycles. The minimum atomic E-state index is -4.51. The van der Waals surface area contributed by atoms with Gasteiger partial charge in [-0.15, -0.1) is 0 Å². The van der Waals surface area contributed by atoms with E-state index in [0.29, 0.717) is 6.54 Å². The highest BCUT2D eigenvalue weighted by Crippen LogP contribution is 2.31. The van der Waals surface area contributed by atoms with Crippen molar-refractivity contribution in [2.45, 2.75) is 13.1 Å². The summed E-state index contributed by atoms with van der Waals surface area (Å²) in [5.41, 5.74) is -0.874. The normalized spacial score (nSPS) is 12.2. The summed E-state index contributed by atoms with van der Waals surface area (Å²) in [6.45, 7) is 2.00. The summed E-state index contributed by atoms with van der Waals surface area (Å²) in [5.74, 6) is -0.415. The Morgan fingerprint density at radius 2 is 1.80 bits per heavy atom. The van der Waals surface area contributed by atoms with Crippen LogP contribution in [0.25, 0.3) is 0 Å². The van der Waals surface area contributed by atoms with E-state index in [1.807, 2.05) is 0 Å². The highest BCUT2D eigenvalue weighted by molar-refractivity contribution is 7.89. The zero-order valence-electron chi connectivity index (χ0n) is 10.7. The van der Waals surface area contributed by atoms with Crippen LogP contribution in [-0.2, 0) is 16.2 Å². The van der Waals surface area contributed by atoms with Crippen molar-refractivity contribution in [3.8, 4) is 0 Å². The first kappa shape index (κ1) is 16.5. The van der Waals surface area contributed by atoms with Crippen molar-refractivity contribution in [3.05, 3.63) is 17.7 Å². The van der Waals surface area contributed by atoms with Gasteiger partial charge in [-0.1, -0.05) is 0 Å². The minimum Gasteiger partial charge on any atom is -0.370 e. The molecular weight excluding hydrogens is 297 g/mol. The van der Waals surface area contributed by atoms with Crippen molar-refractivity contribution in [2.24, 2.45) is 5.14 Å². The lowest BCUT2D eigenvalue weighted by molar-refractivity contribution is -0.137. The molecule has 0 atom stereocenters. The monoisotopic (exact) mass is 312 g/mol. The Balaban J connectivity index is 2.91. The molecule has 0 aromatic carbocycles. The van der Waals surface area contributed by atoms with Gasteiger partial charge in [0, 0.05) is 13.1 Å². The van der Waals surface area contributed by atoms with E-state index in [-0.39, 0.29) is 18.2 Å². The van der Waals surface area contributed by atoms with Crippen molar-refractivity contribution in [1.29, 1.82) is 0 Å². The smallest absolute Gasteiger partial charge is 0.370 e. The number of anilines is 2. The molecule has 0 aliphatic carbocycles. The summed E-state index contributed by atoms with van der Waals surface area (Å²) in [6.07, 6.45) is -4.51. The fourth-order valence-electron chi connectivity index (χ4n) is 1.38. The summed E-state index contributed by atoms with van der Waals surface area (Å²) in [6, 6.07) is 1.69. The standard InChI is InChI=1S/C10H15F3N4O2S/c1-2-15-8-5-7(10(11,12)13)6-9(17-8)16-3-4-20(14,18)19/h5-6H,2-4H2,1H3,(H2,14,18,19)(H2,15,16,17). The van der Waals surface area contributed by atoms with Gasteiger partial charge < -0.3 is 10.6 Å². The lowest BCUT2D eigenvalue weighted by Gasteiger charge is -2.13. The fourth-order valence-corrected chi connectivity index (χ4v) is 1.76. The average Bonchev–Trinajstić information content (AvgIpc) is 2.26. The van der Waals surface area contributed by atoms with E-state index in [4.69, 9.17) is 5.14 Å². The number of nitrogens with zero attached hydrogens (tertiary/aromatic N) is 1. The molecule has 20 heavy (non-hydrogen) atoms. The fraction of sp³-hybridized carbons (Fsp3) is 0.500. The van der Waals surface area contributed by atoms with Crippen molar-refractivity contribution in [3.63, 3.8) is 0 Å². The van der Waals surface area contributed by atoms with Gasteiger partial charge in [0.05, 0.1) is 11.3 Å². The number of hydrogen-bond donors (Lipinski definition) is 3. The Bertz CT molecular complexity index is 560. The van der Waals surface area contributed by atoms with Crippen LogP contribution in [0.2, 0.25) is 0 Å². The summed E-state index contributed by atoms with van der Waals surface area (Å²) >= 11 is 0. The highest BCUT2D eigenvalue weighted by Gasteiger charge is 2.31. The molecule has 4 N–H and O–H groups in total. The largest absolute Gasteiger partial charge is 0.416 e. The zero-order chi connectivity index (χ0) is 15.4. The molecule has 0 amide bonds. The molecule has 0 fully saturated rings. The molecule has 0 saturated carbocycles. The lowest BCUT2D eigenvalue weighted by atomic mass is 10.2. The average molecular weight is 312 g/mol. The molecule has 0 unspecified atom stereocenters. The van der Waals surface area contributed by atoms with E-state index in [0.717, 1.165) is 12.1 Å². The molecular formula is C10H15F3N4O2S. The number of alkyl halides is 3. The highest BCUT2D eigenvalue weighted by atomic mass is 32.2. The van der Waals surface area contributed by atoms with Crippen LogP contribution < -0.4 is 15.8 Å². The van der Waals surface area contributed by atoms with Gasteiger partial charge in [0.15, 0.2) is 0 Å². The number of aromatic nitrogens is 1. The second kappa shape index (κ2) is 6.27. The van der Waals surface area contributed by atoms with E-state index in [1.165, 1.54) is 0 Å². The molecule has 1 heterocycles. The number of halogens is 3. The van der Waals surface area contributed by atoms with Crippen molar-refractivity contribution in [1.82, 2.24) is 4.98 Å². The third-order valence-electron chi connectivity index (χ3n) is 2.20. The SMILES string of the molecule is CCNc1cc(C(F)(F)F)cc(NCCS(N)(=O)=O)n1. The Morgan fingerprint density at radius 3 is 2.25 bits per heavy atom. The maximum absolute atomic E-state index is 12.7. The van der Waals surface area contributed by atoms with Crippen LogP contribution in [0.15, 0.2) is 12.1 Å². The van der Waals surface area contributed by atoms with Gasteiger partial charge in [-0.3, -0.25) is 0 Å². The number of sulfonamides is 1. The van der Waals surface area contributed by atoms with E-state index in [1.54, 1.807) is 6.92 Å². The second-order valence-corrected chi connectivity index (χ2v) is 5.68. The van der Waals surface area contributed by atoms with Crippen molar-refractivity contribution in [2.75, 3.05) is 29.5 Å². The van der Waals surface area contributed by atoms with E-state index in [9.17, 15) is 21.6 Å². The first-order chi connectivity index (χ1) is 9.12. The number of nitrogens with two attached hydrogens (primary N) is 1. The van der Waals surface area contributed by atoms with Crippen LogP contribution in [0.4, 0.5) is 24.8 Å². The molecule has 0 spiro atoms. The summed E-state index contributed by atoms with van der Waals surface area (Å²) in [5, 5.41) is 9.97. The van der Waals surface area contributed by atoms with Gasteiger partial charge in [0.25, 0.3) is 0 Å². The Labute approximate surface area is 114 Å². The van der Waals surface area contributed by atoms with Gasteiger partial charge in [0.1, 0.15) is 11.6 Å². The van der Waals surface area contributed by atoms with Gasteiger partial charge in [-0.2, -0.15) is 13.2 Å². The number of primary sulfonamides is 1. The molecule has 0 radical (unpaired) electrons. The molecule has 1 aromatic rings. The maximum Gasteiger partial charge on any atom is 0.416 e. The first-order valence-corrected chi connectivity index (χ1v) is 7.41. The van der Waals surface area contributed by atoms with Gasteiger partial charge in [-0.25, -0.2) is 18.5 Å². The van der Waals surface area contributed by atoms with E-state index in [2.05, 4.69) is 15.6 Å². The summed E-state index contributed by atoms with van der Waals surface area (Å²) < 4.78 is 59.6. The third-order valence-corrected chi connectivity index (χ3v) is 2.98. The van der Waals surface area contributed by atoms with Crippen molar-refractivity contribution < 1.29 is 21.6 Å². The summed E-state index contributed by atoms with van der Waals surface area (Å²) in [4.78, 5) is 3.90. The number of pyridine rings is 1. The Hall–Kier alpha value is -1.55. The van der Waals surface area contributed by atoms with Crippen LogP contribution in [-0.4, -0.2) is 32.2 Å². The van der Waals surface area contributed by atoms with E-state index >= 15 is 0 Å². The molecule has 1 rings (SSSR count). The molecule has 1 aromatic heterocycles. The van der Waals surface area contributed by atoms with Gasteiger partial charge in [0.2, 0.25) is 10.0 Å². The van der Waals surface area contributed by atoms with Crippen molar-refractivity contribution >= 4 is 21.7 Å². The van der Waals surface area contributed by atoms with Crippen LogP contribution in [0.5, 0.6) is 0 Å². The number of rotatable bonds is 6. The predicted octanol–water partition coefficient (Wildman–Crippen LogP) is 1.23. The van der Waals surface area contributed by atoms with Gasteiger partial charge in [-0.05, 0) is 19.1 Å². The Morgan fingerprint density at radius 1 is 1.25 bits per heavy atom. The number of hydrogen-bond acceptors (Lipinski definition) is 5. The molecule has 10 heteroatoms. The van der Waals surface area contributed by atoms with Crippen LogP contribution in [0.1, 0.15) is 12.5 Å². The molecule has 0 bridgehead atoms. The molecule has 114 valence electrons. The molecule has 6 nitrogen and oxygen atoms in total. The first-order valence-electron chi connectivity index (χ1n) is 5.69. The quantitative estimate of drug-likeness (QED) is 0.734. The molecule has 0 aliphatic rings. The predicted molar refractivity (Wildman–Crippen MR) is 69.9 cm³/mol. The van der Waals surface area contributed by atoms with Crippen LogP contribution in [0.3, 0.4) is 0 Å². The van der Waals surface area contributed by atoms with Crippen LogP contribution in [0, 0.1) is 0 Å². The number of nitrogens with one attached hydrogen (secondary N) is 2. The second-order valence-electron chi connectivity index (χ2n) is 3.95. The maximum atomic E-state index is 12.7.